The summed E-state index contributed by atoms with van der Waals surface area (Å²) in [6.45, 7) is 0.711. The van der Waals surface area contributed by atoms with Crippen molar-refractivity contribution in [2.45, 2.75) is 17.0 Å². The minimum atomic E-state index is -2.49. The van der Waals surface area contributed by atoms with Crippen molar-refractivity contribution in [3.8, 4) is 17.6 Å². The number of carboxylic acid groups (broad SMARTS) is 2. The Bertz CT molecular complexity index is 1680. The molecule has 2 aliphatic rings. The largest absolute Gasteiger partial charge is 0.504 e. The number of aromatic hydroxyl groups is 2. The smallest absolute Gasteiger partial charge is 0.362 e. The molecule has 1 aromatic carbocycles. The van der Waals surface area contributed by atoms with Gasteiger partial charge in [0.25, 0.3) is 11.8 Å². The fraction of sp³-hybridized carbons (Fsp3) is 0.296. The van der Waals surface area contributed by atoms with E-state index in [2.05, 4.69) is 21.5 Å². The molecule has 3 atom stereocenters. The normalized spacial score (nSPS) is 19.5. The molecule has 45 heavy (non-hydrogen) atoms. The van der Waals surface area contributed by atoms with Gasteiger partial charge in [-0.25, -0.2) is 14.6 Å². The van der Waals surface area contributed by atoms with E-state index in [1.807, 2.05) is 14.1 Å². The Kier molecular flexibility index (Phi) is 9.37. The molecule has 0 radical (unpaired) electrons. The van der Waals surface area contributed by atoms with Crippen LogP contribution < -0.4 is 11.1 Å². The number of carbonyl (C=O) groups is 4. The number of nitrogen functional groups attached to an aromatic ring is 1. The third-order valence-corrected chi connectivity index (χ3v) is 8.82. The molecule has 2 amide bonds. The van der Waals surface area contributed by atoms with Gasteiger partial charge in [0, 0.05) is 16.7 Å². The number of quaternary nitrogens is 1. The molecule has 0 aliphatic carbocycles. The Morgan fingerprint density at radius 1 is 1.31 bits per heavy atom. The number of allylic oxidation sites excluding steroid dienone is 1. The van der Waals surface area contributed by atoms with Crippen molar-refractivity contribution in [3.63, 3.8) is 0 Å². The molecule has 4 rings (SSSR count). The van der Waals surface area contributed by atoms with Crippen LogP contribution in [0, 0.1) is 11.3 Å². The van der Waals surface area contributed by atoms with Crippen LogP contribution in [0.1, 0.15) is 11.3 Å². The first-order valence-corrected chi connectivity index (χ1v) is 14.9. The number of aliphatic carboxylic acids is 2. The lowest BCUT2D eigenvalue weighted by molar-refractivity contribution is -0.877. The molecular weight excluding hydrogens is 630 g/mol. The summed E-state index contributed by atoms with van der Waals surface area (Å²) in [5.74, 6) is -5.50. The lowest BCUT2D eigenvalue weighted by Gasteiger charge is -2.49. The van der Waals surface area contributed by atoms with Gasteiger partial charge in [0.1, 0.15) is 35.1 Å². The average molecular weight is 659 g/mol. The first kappa shape index (κ1) is 32.8. The zero-order chi connectivity index (χ0) is 33.1. The maximum Gasteiger partial charge on any atom is 0.362 e. The van der Waals surface area contributed by atoms with Crippen molar-refractivity contribution in [2.24, 2.45) is 5.16 Å². The number of rotatable bonds is 12. The molecule has 0 spiro atoms. The third kappa shape index (κ3) is 6.55. The Hall–Kier alpha value is -5.12. The number of carboxylic acids is 2. The molecule has 2 aliphatic heterocycles. The Labute approximate surface area is 263 Å². The highest BCUT2D eigenvalue weighted by Crippen LogP contribution is 2.41. The summed E-state index contributed by atoms with van der Waals surface area (Å²) in [7, 11) is 3.70. The number of thioether (sulfide) groups is 1. The summed E-state index contributed by atoms with van der Waals surface area (Å²) < 4.78 is 0.364. The molecule has 3 heterocycles. The number of benzene rings is 1. The van der Waals surface area contributed by atoms with E-state index in [0.717, 1.165) is 34.4 Å². The molecule has 0 saturated carbocycles. The zero-order valence-corrected chi connectivity index (χ0v) is 25.4. The molecule has 18 heteroatoms. The van der Waals surface area contributed by atoms with E-state index in [1.54, 1.807) is 12.2 Å². The van der Waals surface area contributed by atoms with E-state index in [-0.39, 0.29) is 34.4 Å². The van der Waals surface area contributed by atoms with Crippen LogP contribution in [0.25, 0.3) is 0 Å². The molecule has 236 valence electrons. The first-order chi connectivity index (χ1) is 21.2. The van der Waals surface area contributed by atoms with E-state index in [1.165, 1.54) is 17.1 Å². The van der Waals surface area contributed by atoms with Crippen LogP contribution in [0.4, 0.5) is 5.13 Å². The second-order valence-corrected chi connectivity index (χ2v) is 12.5. The summed E-state index contributed by atoms with van der Waals surface area (Å²) >= 11 is 2.14. The maximum absolute atomic E-state index is 13.0. The van der Waals surface area contributed by atoms with Crippen molar-refractivity contribution < 1.29 is 48.9 Å². The van der Waals surface area contributed by atoms with Gasteiger partial charge < -0.3 is 40.8 Å². The predicted octanol–water partition coefficient (Wildman–Crippen LogP) is 0.362. The molecular formula is C27H28N7O9S2+. The van der Waals surface area contributed by atoms with Crippen molar-refractivity contribution in [1.29, 1.82) is 5.26 Å². The molecule has 1 saturated heterocycles. The number of aromatic nitrogens is 1. The number of amides is 2. The summed E-state index contributed by atoms with van der Waals surface area (Å²) in [5, 5.41) is 55.2. The highest BCUT2D eigenvalue weighted by Gasteiger charge is 2.54. The summed E-state index contributed by atoms with van der Waals surface area (Å²) in [4.78, 5) is 60.8. The topological polar surface area (TPSA) is 249 Å². The van der Waals surface area contributed by atoms with Crippen LogP contribution in [0.5, 0.6) is 11.5 Å². The van der Waals surface area contributed by atoms with Gasteiger partial charge in [0.15, 0.2) is 23.2 Å². The number of hydrogen-bond acceptors (Lipinski definition) is 13. The highest BCUT2D eigenvalue weighted by molar-refractivity contribution is 8.00. The van der Waals surface area contributed by atoms with E-state index < -0.39 is 52.3 Å². The first-order valence-electron chi connectivity index (χ1n) is 13.0. The van der Waals surface area contributed by atoms with Crippen LogP contribution in [0.3, 0.4) is 0 Å². The number of nitrogens with two attached hydrogens (primary N) is 1. The number of anilines is 1. The van der Waals surface area contributed by atoms with Crippen molar-refractivity contribution in [1.82, 2.24) is 15.2 Å². The third-order valence-electron chi connectivity index (χ3n) is 6.84. The highest BCUT2D eigenvalue weighted by atomic mass is 32.2. The fourth-order valence-electron chi connectivity index (χ4n) is 4.56. The van der Waals surface area contributed by atoms with Gasteiger partial charge >= 0.3 is 17.5 Å². The van der Waals surface area contributed by atoms with Crippen molar-refractivity contribution in [3.05, 3.63) is 58.3 Å². The van der Waals surface area contributed by atoms with Crippen LogP contribution in [0.15, 0.2) is 52.2 Å². The van der Waals surface area contributed by atoms with Crippen LogP contribution in [-0.4, -0.2) is 109 Å². The number of phenolic OH excluding ortho intramolecular Hbond substituents is 2. The average Bonchev–Trinajstić information content (AvgIpc) is 3.41. The summed E-state index contributed by atoms with van der Waals surface area (Å²) in [5.41, 5.74) is 2.96. The van der Waals surface area contributed by atoms with Crippen LogP contribution in [-0.2, 0) is 29.6 Å². The van der Waals surface area contributed by atoms with Gasteiger partial charge in [-0.2, -0.15) is 5.26 Å². The Morgan fingerprint density at radius 2 is 2.04 bits per heavy atom. The van der Waals surface area contributed by atoms with E-state index in [4.69, 9.17) is 15.8 Å². The number of nitriles is 1. The van der Waals surface area contributed by atoms with Crippen molar-refractivity contribution >= 4 is 58.2 Å². The lowest BCUT2D eigenvalue weighted by atomic mass is 9.90. The zero-order valence-electron chi connectivity index (χ0n) is 23.8. The monoisotopic (exact) mass is 658 g/mol. The number of hydrogen-bond donors (Lipinski definition) is 6. The number of phenols is 2. The number of likely N-dealkylation sites (N-methyl/N-ethyl adjacent to an activating group) is 1. The maximum atomic E-state index is 13.0. The molecule has 0 bridgehead atoms. The minimum absolute atomic E-state index is 0.00240. The summed E-state index contributed by atoms with van der Waals surface area (Å²) in [6.07, 6.45) is 3.96. The number of β-lactam (4-membered cyclic amide) rings is 1. The minimum Gasteiger partial charge on any atom is -0.504 e. The van der Waals surface area contributed by atoms with E-state index >= 15 is 0 Å². The van der Waals surface area contributed by atoms with Crippen LogP contribution >= 0.6 is 23.1 Å². The fourth-order valence-corrected chi connectivity index (χ4v) is 6.48. The number of nitrogens with zero attached hydrogens (tertiary/aromatic N) is 5. The standard InChI is InChI=1S/C27H27N7O9S2/c1-34(2,9-7-28)8-3-4-14-12-44-23-20(22(38)33(23)21(14)24(39)40)32-19(37)11-30-43-27(25(41)42,18-13-45-26(29)31-18)15-5-6-16(35)17(36)10-15/h3-6,10-11,13,20,23H,8-9,12H2,1-2H3,(H6-,29,30,31,32,35,36,37,39,40,41,42)/p+1/b4-3+. The van der Waals surface area contributed by atoms with Crippen LogP contribution in [0.2, 0.25) is 0 Å². The van der Waals surface area contributed by atoms with Gasteiger partial charge in [-0.15, -0.1) is 23.1 Å². The van der Waals surface area contributed by atoms with Gasteiger partial charge in [-0.1, -0.05) is 11.2 Å². The molecule has 3 unspecified atom stereocenters. The second kappa shape index (κ2) is 12.9. The molecule has 16 nitrogen and oxygen atoms in total. The van der Waals surface area contributed by atoms with E-state index in [0.29, 0.717) is 22.8 Å². The molecule has 7 N–H and O–H groups in total. The number of oxime groups is 1. The second-order valence-electron chi connectivity index (χ2n) is 10.5. The number of nitrogens with one attached hydrogen (secondary N) is 1. The quantitative estimate of drug-likeness (QED) is 0.0451. The van der Waals surface area contributed by atoms with Gasteiger partial charge in [-0.3, -0.25) is 14.5 Å². The molecule has 1 fully saturated rings. The number of carbonyl (C=O) groups excluding carboxylic acids is 2. The summed E-state index contributed by atoms with van der Waals surface area (Å²) in [6, 6.07) is 4.10. The van der Waals surface area contributed by atoms with E-state index in [9.17, 15) is 39.6 Å². The number of thiazole rings is 1. The molecule has 2 aromatic rings. The Morgan fingerprint density at radius 3 is 2.64 bits per heavy atom. The van der Waals surface area contributed by atoms with Crippen molar-refractivity contribution in [2.75, 3.05) is 38.7 Å². The van der Waals surface area contributed by atoms with Gasteiger partial charge in [0.2, 0.25) is 0 Å². The lowest BCUT2D eigenvalue weighted by Crippen LogP contribution is -2.70. The Balaban J connectivity index is 1.50. The predicted molar refractivity (Wildman–Crippen MR) is 161 cm³/mol. The van der Waals surface area contributed by atoms with Gasteiger partial charge in [0.05, 0.1) is 20.6 Å². The van der Waals surface area contributed by atoms with Gasteiger partial charge in [-0.05, 0) is 29.8 Å². The number of fused-ring (bicyclic) bond motifs is 1. The molecule has 1 aromatic heterocycles. The SMILES string of the molecule is C[N+](C)(CC#N)C/C=C/C1=C(C(=O)O)N2C(=O)C(NC(=O)C=NOC(C(=O)O)(c3ccc(O)c(O)c3)c3csc(N)n3)C2SC1.